The van der Waals surface area contributed by atoms with Crippen LogP contribution in [0.5, 0.6) is 0 Å². The molecule has 1 aliphatic carbocycles. The molecule has 1 rings (SSSR count). The van der Waals surface area contributed by atoms with Gasteiger partial charge in [-0.15, -0.1) is 0 Å². The molecule has 0 atom stereocenters. The van der Waals surface area contributed by atoms with Crippen LogP contribution in [0.4, 0.5) is 0 Å². The summed E-state index contributed by atoms with van der Waals surface area (Å²) in [4.78, 5) is 0. The Labute approximate surface area is 111 Å². The number of hydrogen-bond acceptors (Lipinski definition) is 4. The molecule has 0 aromatic rings. The van der Waals surface area contributed by atoms with Gasteiger partial charge in [0.25, 0.3) is 0 Å². The van der Waals surface area contributed by atoms with Gasteiger partial charge in [0.2, 0.25) is 0 Å². The third-order valence-corrected chi connectivity index (χ3v) is 2.78. The minimum atomic E-state index is -4.67. The summed E-state index contributed by atoms with van der Waals surface area (Å²) < 4.78 is 31.6. The zero-order chi connectivity index (χ0) is 11.9. The van der Waals surface area contributed by atoms with Crippen molar-refractivity contribution in [3.8, 4) is 0 Å². The Morgan fingerprint density at radius 1 is 1.00 bits per heavy atom. The molecule has 1 aliphatic rings. The van der Waals surface area contributed by atoms with Gasteiger partial charge in [-0.2, -0.15) is 8.42 Å². The summed E-state index contributed by atoms with van der Waals surface area (Å²) in [7, 11) is -4.67. The van der Waals surface area contributed by atoms with Crippen LogP contribution in [-0.4, -0.2) is 30.6 Å². The van der Waals surface area contributed by atoms with E-state index in [4.69, 9.17) is 29.0 Å². The molecule has 6 nitrogen and oxygen atoms in total. The van der Waals surface area contributed by atoms with Gasteiger partial charge < -0.3 is 11.5 Å². The van der Waals surface area contributed by atoms with E-state index in [1.165, 1.54) is 32.1 Å². The first-order valence-corrected chi connectivity index (χ1v) is 6.33. The van der Waals surface area contributed by atoms with Gasteiger partial charge in [0, 0.05) is 21.1 Å². The van der Waals surface area contributed by atoms with E-state index in [-0.39, 0.29) is 21.1 Å². The molecule has 0 bridgehead atoms. The molecule has 0 heterocycles. The number of nitrogens with two attached hydrogens (primary N) is 2. The van der Waals surface area contributed by atoms with Crippen molar-refractivity contribution in [1.82, 2.24) is 0 Å². The summed E-state index contributed by atoms with van der Waals surface area (Å²) in [5.41, 5.74) is 11.7. The summed E-state index contributed by atoms with van der Waals surface area (Å²) in [6.45, 7) is 1.56. The van der Waals surface area contributed by atoms with Crippen molar-refractivity contribution in [3.63, 3.8) is 0 Å². The molecular weight excluding hydrogens is 415 g/mol. The van der Waals surface area contributed by atoms with E-state index < -0.39 is 10.4 Å². The Balaban J connectivity index is 0. The minimum Gasteiger partial charge on any atom is -0.330 e. The molecule has 6 N–H and O–H groups in total. The van der Waals surface area contributed by atoms with E-state index in [1.807, 2.05) is 0 Å². The molecule has 16 heavy (non-hydrogen) atoms. The maximum absolute atomic E-state index is 8.74. The predicted octanol–water partition coefficient (Wildman–Crippen LogP) is 0.199. The molecule has 0 aromatic carbocycles. The number of rotatable bonds is 2. The van der Waals surface area contributed by atoms with Crippen LogP contribution in [0.3, 0.4) is 0 Å². The number of hydrogen-bond donors (Lipinski definition) is 4. The summed E-state index contributed by atoms with van der Waals surface area (Å²) in [5.74, 6) is 0. The van der Waals surface area contributed by atoms with E-state index in [2.05, 4.69) is 0 Å². The van der Waals surface area contributed by atoms with E-state index >= 15 is 0 Å². The zero-order valence-electron chi connectivity index (χ0n) is 9.04. The van der Waals surface area contributed by atoms with Crippen LogP contribution in [0.25, 0.3) is 0 Å². The second-order valence-electron chi connectivity index (χ2n) is 3.92. The van der Waals surface area contributed by atoms with E-state index in [9.17, 15) is 0 Å². The van der Waals surface area contributed by atoms with Crippen molar-refractivity contribution in [2.75, 3.05) is 13.1 Å². The average molecular weight is 435 g/mol. The first-order valence-electron chi connectivity index (χ1n) is 4.93. The van der Waals surface area contributed by atoms with Crippen molar-refractivity contribution in [1.29, 1.82) is 0 Å². The van der Waals surface area contributed by atoms with Gasteiger partial charge in [0.15, 0.2) is 0 Å². The first kappa shape index (κ1) is 18.8. The van der Waals surface area contributed by atoms with Gasteiger partial charge in [-0.05, 0) is 31.3 Å². The molecule has 1 saturated carbocycles. The average Bonchev–Trinajstić information content (AvgIpc) is 2.16. The van der Waals surface area contributed by atoms with Gasteiger partial charge in [-0.25, -0.2) is 0 Å². The van der Waals surface area contributed by atoms with Gasteiger partial charge >= 0.3 is 10.4 Å². The fraction of sp³-hybridized carbons (Fsp3) is 1.00. The van der Waals surface area contributed by atoms with Gasteiger partial charge in [0.1, 0.15) is 0 Å². The summed E-state index contributed by atoms with van der Waals surface area (Å²) >= 11 is 0. The first-order chi connectivity index (χ1) is 6.83. The zero-order valence-corrected chi connectivity index (χ0v) is 12.1. The second kappa shape index (κ2) is 8.55. The molecule has 8 heteroatoms. The van der Waals surface area contributed by atoms with Gasteiger partial charge in [-0.3, -0.25) is 9.11 Å². The molecule has 102 valence electrons. The van der Waals surface area contributed by atoms with Gasteiger partial charge in [-0.1, -0.05) is 19.3 Å². The smallest absolute Gasteiger partial charge is 0.330 e. The van der Waals surface area contributed by atoms with Crippen molar-refractivity contribution in [2.45, 2.75) is 32.1 Å². The third kappa shape index (κ3) is 9.69. The SMILES string of the molecule is NCC1(CN)CCCCC1.O=S(=O)(O)O.[Pt]. The van der Waals surface area contributed by atoms with Crippen molar-refractivity contribution in [3.05, 3.63) is 0 Å². The van der Waals surface area contributed by atoms with Gasteiger partial charge in [0.05, 0.1) is 0 Å². The van der Waals surface area contributed by atoms with Crippen molar-refractivity contribution < 1.29 is 38.6 Å². The summed E-state index contributed by atoms with van der Waals surface area (Å²) in [6.07, 6.45) is 6.53. The molecule has 0 aliphatic heterocycles. The quantitative estimate of drug-likeness (QED) is 0.459. The Kier molecular flexibility index (Phi) is 10.1. The van der Waals surface area contributed by atoms with Crippen LogP contribution in [0.1, 0.15) is 32.1 Å². The van der Waals surface area contributed by atoms with Crippen LogP contribution in [0.15, 0.2) is 0 Å². The van der Waals surface area contributed by atoms with Crippen LogP contribution < -0.4 is 11.5 Å². The third-order valence-electron chi connectivity index (χ3n) is 2.78. The largest absolute Gasteiger partial charge is 0.394 e. The van der Waals surface area contributed by atoms with Crippen LogP contribution >= 0.6 is 0 Å². The molecule has 0 unspecified atom stereocenters. The van der Waals surface area contributed by atoms with E-state index in [0.717, 1.165) is 13.1 Å². The Morgan fingerprint density at radius 3 is 1.50 bits per heavy atom. The minimum absolute atomic E-state index is 0. The maximum atomic E-state index is 8.74. The normalized spacial score (nSPS) is 19.0. The van der Waals surface area contributed by atoms with Crippen LogP contribution in [0, 0.1) is 5.41 Å². The standard InChI is InChI=1S/C8H18N2.H2O4S.Pt/c9-6-8(7-10)4-2-1-3-5-8;1-5(2,3)4;/h1-7,9-10H2;(H2,1,2,3,4);. The maximum Gasteiger partial charge on any atom is 0.394 e. The molecular formula is C8H20N2O4PtS. The van der Waals surface area contributed by atoms with Crippen molar-refractivity contribution in [2.24, 2.45) is 16.9 Å². The molecule has 0 saturated heterocycles. The fourth-order valence-electron chi connectivity index (χ4n) is 1.79. The fourth-order valence-corrected chi connectivity index (χ4v) is 1.79. The van der Waals surface area contributed by atoms with Crippen molar-refractivity contribution >= 4 is 10.4 Å². The molecule has 0 amide bonds. The van der Waals surface area contributed by atoms with E-state index in [0.29, 0.717) is 5.41 Å². The molecule has 0 radical (unpaired) electrons. The summed E-state index contributed by atoms with van der Waals surface area (Å²) in [6, 6.07) is 0. The Bertz CT molecular complexity index is 251. The monoisotopic (exact) mass is 435 g/mol. The topological polar surface area (TPSA) is 127 Å². The van der Waals surface area contributed by atoms with Crippen LogP contribution in [-0.2, 0) is 31.5 Å². The molecule has 1 fully saturated rings. The predicted molar refractivity (Wildman–Crippen MR) is 57.8 cm³/mol. The Hall–Kier alpha value is 0.478. The van der Waals surface area contributed by atoms with Crippen LogP contribution in [0.2, 0.25) is 0 Å². The molecule has 0 aromatic heterocycles. The molecule has 0 spiro atoms. The second-order valence-corrected chi connectivity index (χ2v) is 4.81. The van der Waals surface area contributed by atoms with E-state index in [1.54, 1.807) is 0 Å². The summed E-state index contributed by atoms with van der Waals surface area (Å²) in [5, 5.41) is 0. The Morgan fingerprint density at radius 2 is 1.31 bits per heavy atom.